The highest BCUT2D eigenvalue weighted by molar-refractivity contribution is 6.31. The molecular weight excluding hydrogens is 294 g/mol. The van der Waals surface area contributed by atoms with E-state index >= 15 is 0 Å². The lowest BCUT2D eigenvalue weighted by Crippen LogP contribution is -1.97. The van der Waals surface area contributed by atoms with Gasteiger partial charge in [-0.05, 0) is 49.6 Å². The molecule has 3 heteroatoms. The molecule has 0 radical (unpaired) electrons. The lowest BCUT2D eigenvalue weighted by atomic mass is 10.0. The third kappa shape index (κ3) is 3.34. The van der Waals surface area contributed by atoms with Gasteiger partial charge in [0.05, 0.1) is 5.52 Å². The fourth-order valence-electron chi connectivity index (χ4n) is 2.49. The van der Waals surface area contributed by atoms with Crippen molar-refractivity contribution in [1.29, 1.82) is 0 Å². The summed E-state index contributed by atoms with van der Waals surface area (Å²) in [5.74, 6) is 0.0975. The van der Waals surface area contributed by atoms with E-state index in [0.717, 1.165) is 40.6 Å². The molecule has 1 heterocycles. The normalized spacial score (nSPS) is 10.8. The molecular formula is C19H16ClNO. The van der Waals surface area contributed by atoms with Gasteiger partial charge in [-0.2, -0.15) is 0 Å². The van der Waals surface area contributed by atoms with Crippen molar-refractivity contribution in [3.8, 4) is 0 Å². The van der Waals surface area contributed by atoms with E-state index in [-0.39, 0.29) is 5.78 Å². The molecule has 0 atom stereocenters. The summed E-state index contributed by atoms with van der Waals surface area (Å²) in [6.07, 6.45) is 1.70. The first-order valence-corrected chi connectivity index (χ1v) is 7.65. The van der Waals surface area contributed by atoms with E-state index in [1.807, 2.05) is 48.5 Å². The van der Waals surface area contributed by atoms with E-state index < -0.39 is 0 Å². The van der Waals surface area contributed by atoms with Crippen molar-refractivity contribution in [3.05, 3.63) is 76.4 Å². The molecule has 110 valence electrons. The van der Waals surface area contributed by atoms with Gasteiger partial charge in [0.2, 0.25) is 0 Å². The smallest absolute Gasteiger partial charge is 0.159 e. The summed E-state index contributed by atoms with van der Waals surface area (Å²) < 4.78 is 0. The number of aromatic nitrogens is 1. The second-order valence-electron chi connectivity index (χ2n) is 5.40. The average molecular weight is 310 g/mol. The number of hydrogen-bond acceptors (Lipinski definition) is 2. The predicted molar refractivity (Wildman–Crippen MR) is 90.6 cm³/mol. The van der Waals surface area contributed by atoms with Crippen molar-refractivity contribution in [1.82, 2.24) is 4.98 Å². The second-order valence-corrected chi connectivity index (χ2v) is 5.83. The van der Waals surface area contributed by atoms with Crippen LogP contribution in [0.4, 0.5) is 0 Å². The number of fused-ring (bicyclic) bond motifs is 1. The van der Waals surface area contributed by atoms with E-state index in [9.17, 15) is 4.79 Å². The molecule has 2 aromatic carbocycles. The number of ketones is 1. The number of aryl methyl sites for hydroxylation is 2. The predicted octanol–water partition coefficient (Wildman–Crippen LogP) is 4.88. The molecule has 22 heavy (non-hydrogen) atoms. The van der Waals surface area contributed by atoms with Crippen molar-refractivity contribution >= 4 is 28.3 Å². The van der Waals surface area contributed by atoms with E-state index in [4.69, 9.17) is 11.6 Å². The number of carbonyl (C=O) groups is 1. The van der Waals surface area contributed by atoms with Crippen LogP contribution in [-0.4, -0.2) is 10.8 Å². The number of pyridine rings is 1. The second kappa shape index (κ2) is 6.29. The maximum absolute atomic E-state index is 11.4. The fourth-order valence-corrected chi connectivity index (χ4v) is 2.66. The van der Waals surface area contributed by atoms with Crippen LogP contribution in [-0.2, 0) is 12.8 Å². The highest BCUT2D eigenvalue weighted by Crippen LogP contribution is 2.18. The van der Waals surface area contributed by atoms with Gasteiger partial charge in [0, 0.05) is 21.7 Å². The van der Waals surface area contributed by atoms with Crippen molar-refractivity contribution in [3.63, 3.8) is 0 Å². The van der Waals surface area contributed by atoms with Crippen LogP contribution >= 0.6 is 11.6 Å². The van der Waals surface area contributed by atoms with Crippen LogP contribution in [0, 0.1) is 0 Å². The molecule has 0 saturated heterocycles. The molecule has 0 bridgehead atoms. The summed E-state index contributed by atoms with van der Waals surface area (Å²) in [5.41, 5.74) is 3.86. The van der Waals surface area contributed by atoms with Crippen molar-refractivity contribution in [2.24, 2.45) is 0 Å². The molecule has 1 aromatic heterocycles. The Morgan fingerprint density at radius 1 is 1.05 bits per heavy atom. The zero-order chi connectivity index (χ0) is 15.5. The fraction of sp³-hybridized carbons (Fsp3) is 0.158. The van der Waals surface area contributed by atoms with Crippen LogP contribution < -0.4 is 0 Å². The largest absolute Gasteiger partial charge is 0.295 e. The maximum Gasteiger partial charge on any atom is 0.159 e. The van der Waals surface area contributed by atoms with Gasteiger partial charge in [-0.1, -0.05) is 41.9 Å². The Bertz CT molecular complexity index is 842. The SMILES string of the molecule is CC(=O)c1cccc(CCc2ccc3ccc(Cl)cc3n2)c1. The quantitative estimate of drug-likeness (QED) is 0.643. The number of hydrogen-bond donors (Lipinski definition) is 0. The number of rotatable bonds is 4. The summed E-state index contributed by atoms with van der Waals surface area (Å²) in [5, 5.41) is 1.79. The van der Waals surface area contributed by atoms with Crippen molar-refractivity contribution < 1.29 is 4.79 Å². The Morgan fingerprint density at radius 3 is 2.68 bits per heavy atom. The lowest BCUT2D eigenvalue weighted by Gasteiger charge is -2.05. The Hall–Kier alpha value is -2.19. The molecule has 0 unspecified atom stereocenters. The number of Topliss-reactive ketones (excluding diaryl/α,β-unsaturated/α-hetero) is 1. The number of halogens is 1. The number of carbonyl (C=O) groups excluding carboxylic acids is 1. The summed E-state index contributed by atoms with van der Waals surface area (Å²) in [6, 6.07) is 17.6. The van der Waals surface area contributed by atoms with Gasteiger partial charge in [0.1, 0.15) is 0 Å². The van der Waals surface area contributed by atoms with E-state index in [0.29, 0.717) is 5.02 Å². The molecule has 0 spiro atoms. The molecule has 0 aliphatic heterocycles. The van der Waals surface area contributed by atoms with Gasteiger partial charge < -0.3 is 0 Å². The van der Waals surface area contributed by atoms with Crippen LogP contribution in [0.15, 0.2) is 54.6 Å². The first kappa shape index (κ1) is 14.7. The summed E-state index contributed by atoms with van der Waals surface area (Å²) >= 11 is 6.02. The Labute approximate surface area is 134 Å². The van der Waals surface area contributed by atoms with Gasteiger partial charge in [0.25, 0.3) is 0 Å². The standard InChI is InChI=1S/C19H16ClNO/c1-13(22)16-4-2-3-14(11-16)5-9-18-10-7-15-6-8-17(20)12-19(15)21-18/h2-4,6-8,10-12H,5,9H2,1H3. The van der Waals surface area contributed by atoms with E-state index in [1.54, 1.807) is 6.92 Å². The Kier molecular flexibility index (Phi) is 4.21. The van der Waals surface area contributed by atoms with Crippen LogP contribution in [0.2, 0.25) is 5.02 Å². The van der Waals surface area contributed by atoms with Crippen LogP contribution in [0.5, 0.6) is 0 Å². The van der Waals surface area contributed by atoms with Gasteiger partial charge in [0.15, 0.2) is 5.78 Å². The molecule has 0 fully saturated rings. The topological polar surface area (TPSA) is 30.0 Å². The molecule has 0 saturated carbocycles. The summed E-state index contributed by atoms with van der Waals surface area (Å²) in [4.78, 5) is 16.1. The molecule has 0 aliphatic rings. The van der Waals surface area contributed by atoms with Crippen LogP contribution in [0.3, 0.4) is 0 Å². The van der Waals surface area contributed by atoms with Crippen molar-refractivity contribution in [2.75, 3.05) is 0 Å². The maximum atomic E-state index is 11.4. The van der Waals surface area contributed by atoms with E-state index in [1.165, 1.54) is 0 Å². The third-order valence-corrected chi connectivity index (χ3v) is 3.95. The van der Waals surface area contributed by atoms with E-state index in [2.05, 4.69) is 11.1 Å². The van der Waals surface area contributed by atoms with Gasteiger partial charge in [-0.3, -0.25) is 9.78 Å². The minimum atomic E-state index is 0.0975. The average Bonchev–Trinajstić information content (AvgIpc) is 2.52. The highest BCUT2D eigenvalue weighted by atomic mass is 35.5. The Morgan fingerprint density at radius 2 is 1.86 bits per heavy atom. The van der Waals surface area contributed by atoms with Crippen molar-refractivity contribution in [2.45, 2.75) is 19.8 Å². The summed E-state index contributed by atoms with van der Waals surface area (Å²) in [6.45, 7) is 1.59. The highest BCUT2D eigenvalue weighted by Gasteiger charge is 2.03. The minimum Gasteiger partial charge on any atom is -0.295 e. The Balaban J connectivity index is 1.78. The lowest BCUT2D eigenvalue weighted by molar-refractivity contribution is 0.101. The molecule has 2 nitrogen and oxygen atoms in total. The monoisotopic (exact) mass is 309 g/mol. The molecule has 0 aliphatic carbocycles. The zero-order valence-electron chi connectivity index (χ0n) is 12.3. The minimum absolute atomic E-state index is 0.0975. The summed E-state index contributed by atoms with van der Waals surface area (Å²) in [7, 11) is 0. The third-order valence-electron chi connectivity index (χ3n) is 3.72. The zero-order valence-corrected chi connectivity index (χ0v) is 13.1. The van der Waals surface area contributed by atoms with Gasteiger partial charge in [-0.25, -0.2) is 0 Å². The molecule has 0 N–H and O–H groups in total. The molecule has 0 amide bonds. The first-order chi connectivity index (χ1) is 10.6. The first-order valence-electron chi connectivity index (χ1n) is 7.27. The molecule has 3 rings (SSSR count). The number of nitrogens with zero attached hydrogens (tertiary/aromatic N) is 1. The van der Waals surface area contributed by atoms with Crippen LogP contribution in [0.25, 0.3) is 10.9 Å². The van der Waals surface area contributed by atoms with Crippen LogP contribution in [0.1, 0.15) is 28.5 Å². The van der Waals surface area contributed by atoms with Gasteiger partial charge in [-0.15, -0.1) is 0 Å². The number of benzene rings is 2. The van der Waals surface area contributed by atoms with Gasteiger partial charge >= 0.3 is 0 Å². The molecule has 3 aromatic rings.